The van der Waals surface area contributed by atoms with E-state index in [9.17, 15) is 4.79 Å². The van der Waals surface area contributed by atoms with Gasteiger partial charge in [0.15, 0.2) is 11.5 Å². The van der Waals surface area contributed by atoms with Crippen molar-refractivity contribution in [1.82, 2.24) is 29.6 Å². The Kier molecular flexibility index (Phi) is 3.11. The number of hydrogen-bond donors (Lipinski definition) is 1. The fourth-order valence-corrected chi connectivity index (χ4v) is 3.51. The standard InChI is InChI=1S/C18H15N7O/c1-11-17-13(12-5-3-2-4-6-12)9-16(26)20-18(17)25(22-11)15-8-7-14-21-19-10-24(14)23-15/h2-8,10,13H,9H2,1H3,(H,20,26)/t13-/m1/s1. The van der Waals surface area contributed by atoms with Crippen molar-refractivity contribution < 1.29 is 4.79 Å². The van der Waals surface area contributed by atoms with Crippen LogP contribution in [0.3, 0.4) is 0 Å². The molecule has 4 heterocycles. The summed E-state index contributed by atoms with van der Waals surface area (Å²) in [7, 11) is 0. The Labute approximate surface area is 148 Å². The van der Waals surface area contributed by atoms with E-state index in [0.717, 1.165) is 16.8 Å². The molecule has 0 saturated heterocycles. The van der Waals surface area contributed by atoms with E-state index >= 15 is 0 Å². The van der Waals surface area contributed by atoms with Crippen LogP contribution in [0.2, 0.25) is 0 Å². The number of fused-ring (bicyclic) bond motifs is 2. The van der Waals surface area contributed by atoms with Gasteiger partial charge in [-0.15, -0.1) is 15.3 Å². The second-order valence-corrected chi connectivity index (χ2v) is 6.30. The molecule has 4 aromatic rings. The summed E-state index contributed by atoms with van der Waals surface area (Å²) >= 11 is 0. The molecule has 1 aliphatic rings. The summed E-state index contributed by atoms with van der Waals surface area (Å²) in [5.41, 5.74) is 3.66. The van der Waals surface area contributed by atoms with E-state index in [4.69, 9.17) is 0 Å². The third kappa shape index (κ3) is 2.19. The Morgan fingerprint density at radius 3 is 2.81 bits per heavy atom. The van der Waals surface area contributed by atoms with Gasteiger partial charge in [-0.1, -0.05) is 30.3 Å². The average Bonchev–Trinajstić information content (AvgIpc) is 3.25. The first kappa shape index (κ1) is 14.8. The normalized spacial score (nSPS) is 16.5. The fraction of sp³-hybridized carbons (Fsp3) is 0.167. The minimum Gasteiger partial charge on any atom is -0.310 e. The highest BCUT2D eigenvalue weighted by atomic mass is 16.1. The van der Waals surface area contributed by atoms with Gasteiger partial charge < -0.3 is 5.32 Å². The number of nitrogens with zero attached hydrogens (tertiary/aromatic N) is 6. The lowest BCUT2D eigenvalue weighted by Crippen LogP contribution is -2.25. The van der Waals surface area contributed by atoms with E-state index in [2.05, 4.69) is 25.7 Å². The smallest absolute Gasteiger partial charge is 0.226 e. The molecule has 1 N–H and O–H groups in total. The maximum Gasteiger partial charge on any atom is 0.226 e. The van der Waals surface area contributed by atoms with E-state index in [1.807, 2.05) is 49.4 Å². The van der Waals surface area contributed by atoms with Gasteiger partial charge in [-0.05, 0) is 24.6 Å². The maximum absolute atomic E-state index is 12.4. The molecule has 0 unspecified atom stereocenters. The Morgan fingerprint density at radius 1 is 1.12 bits per heavy atom. The zero-order chi connectivity index (χ0) is 17.7. The number of amides is 1. The Bertz CT molecular complexity index is 1130. The molecule has 0 aliphatic carbocycles. The lowest BCUT2D eigenvalue weighted by atomic mass is 9.86. The summed E-state index contributed by atoms with van der Waals surface area (Å²) in [5.74, 6) is 1.22. The summed E-state index contributed by atoms with van der Waals surface area (Å²) < 4.78 is 3.26. The number of hydrogen-bond acceptors (Lipinski definition) is 5. The SMILES string of the molecule is Cc1nn(-c2ccc3nncn3n2)c2c1[C@@H](c1ccccc1)CC(=O)N2. The second-order valence-electron chi connectivity index (χ2n) is 6.30. The van der Waals surface area contributed by atoms with Crippen LogP contribution in [-0.4, -0.2) is 35.5 Å². The maximum atomic E-state index is 12.4. The lowest BCUT2D eigenvalue weighted by molar-refractivity contribution is -0.116. The molecule has 0 spiro atoms. The molecule has 0 fully saturated rings. The highest BCUT2D eigenvalue weighted by Gasteiger charge is 2.32. The zero-order valence-corrected chi connectivity index (χ0v) is 14.0. The predicted octanol–water partition coefficient (Wildman–Crippen LogP) is 2.09. The minimum absolute atomic E-state index is 0.0210. The fourth-order valence-electron chi connectivity index (χ4n) is 3.51. The zero-order valence-electron chi connectivity index (χ0n) is 14.0. The first-order valence-corrected chi connectivity index (χ1v) is 8.32. The van der Waals surface area contributed by atoms with Crippen molar-refractivity contribution in [3.63, 3.8) is 0 Å². The number of nitrogens with one attached hydrogen (secondary N) is 1. The van der Waals surface area contributed by atoms with E-state index in [1.54, 1.807) is 9.20 Å². The second kappa shape index (κ2) is 5.48. The van der Waals surface area contributed by atoms with Crippen LogP contribution >= 0.6 is 0 Å². The number of anilines is 1. The van der Waals surface area contributed by atoms with Gasteiger partial charge in [0, 0.05) is 17.9 Å². The average molecular weight is 345 g/mol. The van der Waals surface area contributed by atoms with Crippen LogP contribution in [0.4, 0.5) is 5.82 Å². The molecule has 1 amide bonds. The quantitative estimate of drug-likeness (QED) is 0.601. The van der Waals surface area contributed by atoms with Crippen LogP contribution in [-0.2, 0) is 4.79 Å². The Hall–Kier alpha value is -3.55. The number of aromatic nitrogens is 6. The van der Waals surface area contributed by atoms with Gasteiger partial charge >= 0.3 is 0 Å². The van der Waals surface area contributed by atoms with Gasteiger partial charge in [-0.3, -0.25) is 4.79 Å². The Morgan fingerprint density at radius 2 is 1.96 bits per heavy atom. The first-order valence-electron chi connectivity index (χ1n) is 8.32. The summed E-state index contributed by atoms with van der Waals surface area (Å²) in [5, 5.41) is 19.9. The van der Waals surface area contributed by atoms with Crippen LogP contribution in [0.15, 0.2) is 48.8 Å². The molecule has 128 valence electrons. The van der Waals surface area contributed by atoms with E-state index in [0.29, 0.717) is 23.7 Å². The van der Waals surface area contributed by atoms with Crippen molar-refractivity contribution >= 4 is 17.4 Å². The molecule has 0 radical (unpaired) electrons. The topological polar surface area (TPSA) is 90.0 Å². The molecule has 0 bridgehead atoms. The number of rotatable bonds is 2. The molecule has 1 aliphatic heterocycles. The van der Waals surface area contributed by atoms with Crippen molar-refractivity contribution in [1.29, 1.82) is 0 Å². The minimum atomic E-state index is -0.0297. The van der Waals surface area contributed by atoms with Crippen LogP contribution < -0.4 is 5.32 Å². The van der Waals surface area contributed by atoms with Crippen molar-refractivity contribution in [2.75, 3.05) is 5.32 Å². The van der Waals surface area contributed by atoms with Crippen LogP contribution in [0, 0.1) is 6.92 Å². The molecule has 26 heavy (non-hydrogen) atoms. The number of benzene rings is 1. The number of carbonyl (C=O) groups excluding carboxylic acids is 1. The molecule has 8 nitrogen and oxygen atoms in total. The van der Waals surface area contributed by atoms with Gasteiger partial charge in [-0.25, -0.2) is 0 Å². The Balaban J connectivity index is 1.69. The van der Waals surface area contributed by atoms with Crippen molar-refractivity contribution in [2.24, 2.45) is 0 Å². The monoisotopic (exact) mass is 345 g/mol. The van der Waals surface area contributed by atoms with Gasteiger partial charge in [-0.2, -0.15) is 14.3 Å². The molecule has 3 aromatic heterocycles. The van der Waals surface area contributed by atoms with Crippen LogP contribution in [0.5, 0.6) is 0 Å². The van der Waals surface area contributed by atoms with Crippen molar-refractivity contribution in [3.8, 4) is 5.82 Å². The third-order valence-electron chi connectivity index (χ3n) is 4.67. The molecular weight excluding hydrogens is 330 g/mol. The summed E-state index contributed by atoms with van der Waals surface area (Å²) in [6.45, 7) is 1.96. The van der Waals surface area contributed by atoms with Crippen LogP contribution in [0.25, 0.3) is 11.5 Å². The molecule has 8 heteroatoms. The van der Waals surface area contributed by atoms with Gasteiger partial charge in [0.1, 0.15) is 12.1 Å². The van der Waals surface area contributed by atoms with Gasteiger partial charge in [0.25, 0.3) is 0 Å². The highest BCUT2D eigenvalue weighted by molar-refractivity contribution is 5.95. The van der Waals surface area contributed by atoms with E-state index < -0.39 is 0 Å². The molecule has 0 saturated carbocycles. The summed E-state index contributed by atoms with van der Waals surface area (Å²) in [4.78, 5) is 12.4. The largest absolute Gasteiger partial charge is 0.310 e. The van der Waals surface area contributed by atoms with E-state index in [1.165, 1.54) is 6.33 Å². The molecular formula is C18H15N7O. The van der Waals surface area contributed by atoms with Crippen molar-refractivity contribution in [3.05, 3.63) is 65.6 Å². The predicted molar refractivity (Wildman–Crippen MR) is 94.2 cm³/mol. The summed E-state index contributed by atoms with van der Waals surface area (Å²) in [6.07, 6.45) is 1.94. The first-order chi connectivity index (χ1) is 12.7. The van der Waals surface area contributed by atoms with E-state index in [-0.39, 0.29) is 11.8 Å². The number of aryl methyl sites for hydroxylation is 1. The molecule has 1 aromatic carbocycles. The van der Waals surface area contributed by atoms with Crippen molar-refractivity contribution in [2.45, 2.75) is 19.3 Å². The lowest BCUT2D eigenvalue weighted by Gasteiger charge is -2.24. The molecule has 1 atom stereocenters. The molecule has 5 rings (SSSR count). The summed E-state index contributed by atoms with van der Waals surface area (Å²) in [6, 6.07) is 13.7. The van der Waals surface area contributed by atoms with Gasteiger partial charge in [0.05, 0.1) is 5.69 Å². The number of carbonyl (C=O) groups is 1. The van der Waals surface area contributed by atoms with Crippen LogP contribution in [0.1, 0.15) is 29.2 Å². The van der Waals surface area contributed by atoms with Gasteiger partial charge in [0.2, 0.25) is 5.91 Å². The third-order valence-corrected chi connectivity index (χ3v) is 4.67. The highest BCUT2D eigenvalue weighted by Crippen LogP contribution is 2.39.